The second-order valence-electron chi connectivity index (χ2n) is 6.26. The Morgan fingerprint density at radius 3 is 2.10 bits per heavy atom. The van der Waals surface area contributed by atoms with Crippen molar-refractivity contribution >= 4 is 30.1 Å². The number of carbonyl (C=O) groups is 2. The normalized spacial score (nSPS) is 40.2. The highest BCUT2D eigenvalue weighted by molar-refractivity contribution is 7.80. The van der Waals surface area contributed by atoms with E-state index in [1.807, 2.05) is 32.1 Å². The standard InChI is InChI=1S/C16H15NO3S/c1-15-7-8-16(2,20-15)12-11(15)13(18)17(14(12)19)9-5-3-4-6-10(9)21/h3-8,11-12,21H,1-2H3. The predicted octanol–water partition coefficient (Wildman–Crippen LogP) is 2.20. The number of anilines is 1. The molecule has 0 radical (unpaired) electrons. The molecule has 0 aromatic heterocycles. The van der Waals surface area contributed by atoms with E-state index in [-0.39, 0.29) is 11.8 Å². The van der Waals surface area contributed by atoms with Gasteiger partial charge in [0.05, 0.1) is 28.7 Å². The summed E-state index contributed by atoms with van der Waals surface area (Å²) < 4.78 is 5.97. The third-order valence-electron chi connectivity index (χ3n) is 4.85. The highest BCUT2D eigenvalue weighted by atomic mass is 32.1. The maximum atomic E-state index is 12.8. The first kappa shape index (κ1) is 13.1. The van der Waals surface area contributed by atoms with Crippen molar-refractivity contribution in [2.45, 2.75) is 29.9 Å². The first-order valence-electron chi connectivity index (χ1n) is 6.94. The van der Waals surface area contributed by atoms with Gasteiger partial charge in [-0.05, 0) is 26.0 Å². The molecule has 4 rings (SSSR count). The summed E-state index contributed by atoms with van der Waals surface area (Å²) >= 11 is 4.37. The van der Waals surface area contributed by atoms with Crippen LogP contribution in [0.3, 0.4) is 0 Å². The van der Waals surface area contributed by atoms with E-state index in [1.165, 1.54) is 4.90 Å². The third kappa shape index (κ3) is 1.45. The van der Waals surface area contributed by atoms with Crippen LogP contribution in [-0.2, 0) is 14.3 Å². The molecule has 4 nitrogen and oxygen atoms in total. The first-order chi connectivity index (χ1) is 9.87. The number of imide groups is 1. The number of carbonyl (C=O) groups excluding carboxylic acids is 2. The molecule has 3 aliphatic heterocycles. The molecule has 2 bridgehead atoms. The van der Waals surface area contributed by atoms with Crippen LogP contribution < -0.4 is 4.90 Å². The van der Waals surface area contributed by atoms with E-state index in [2.05, 4.69) is 12.6 Å². The predicted molar refractivity (Wildman–Crippen MR) is 80.2 cm³/mol. The van der Waals surface area contributed by atoms with Gasteiger partial charge in [-0.3, -0.25) is 9.59 Å². The number of hydrogen-bond acceptors (Lipinski definition) is 4. The number of hydrogen-bond donors (Lipinski definition) is 1. The second kappa shape index (κ2) is 3.78. The number of thiol groups is 1. The van der Waals surface area contributed by atoms with Crippen LogP contribution in [0.1, 0.15) is 13.8 Å². The summed E-state index contributed by atoms with van der Waals surface area (Å²) in [6, 6.07) is 7.16. The molecule has 0 saturated carbocycles. The highest BCUT2D eigenvalue weighted by Gasteiger charge is 2.70. The number of para-hydroxylation sites is 1. The van der Waals surface area contributed by atoms with Crippen LogP contribution in [0, 0.1) is 11.8 Å². The zero-order valence-corrected chi connectivity index (χ0v) is 12.6. The van der Waals surface area contributed by atoms with Crippen LogP contribution in [0.15, 0.2) is 41.3 Å². The van der Waals surface area contributed by atoms with Crippen LogP contribution in [0.2, 0.25) is 0 Å². The first-order valence-corrected chi connectivity index (χ1v) is 7.38. The van der Waals surface area contributed by atoms with Gasteiger partial charge in [-0.1, -0.05) is 24.3 Å². The van der Waals surface area contributed by atoms with E-state index < -0.39 is 23.0 Å². The smallest absolute Gasteiger partial charge is 0.241 e. The molecule has 0 N–H and O–H groups in total. The molecule has 2 fully saturated rings. The molecular formula is C16H15NO3S. The summed E-state index contributed by atoms with van der Waals surface area (Å²) in [4.78, 5) is 27.6. The van der Waals surface area contributed by atoms with Gasteiger partial charge >= 0.3 is 0 Å². The van der Waals surface area contributed by atoms with Crippen molar-refractivity contribution in [2.75, 3.05) is 4.90 Å². The summed E-state index contributed by atoms with van der Waals surface area (Å²) in [6.07, 6.45) is 3.82. The summed E-state index contributed by atoms with van der Waals surface area (Å²) in [5, 5.41) is 0. The molecule has 1 aromatic rings. The third-order valence-corrected chi connectivity index (χ3v) is 5.23. The number of nitrogens with zero attached hydrogens (tertiary/aromatic N) is 1. The van der Waals surface area contributed by atoms with Crippen LogP contribution in [-0.4, -0.2) is 23.0 Å². The molecule has 3 aliphatic rings. The number of benzene rings is 1. The number of ether oxygens (including phenoxy) is 1. The van der Waals surface area contributed by atoms with Crippen LogP contribution in [0.5, 0.6) is 0 Å². The summed E-state index contributed by atoms with van der Waals surface area (Å²) in [7, 11) is 0. The number of amides is 2. The second-order valence-corrected chi connectivity index (χ2v) is 6.74. The maximum absolute atomic E-state index is 12.8. The van der Waals surface area contributed by atoms with Gasteiger partial charge in [0.15, 0.2) is 0 Å². The topological polar surface area (TPSA) is 46.6 Å². The minimum atomic E-state index is -0.688. The molecule has 108 valence electrons. The van der Waals surface area contributed by atoms with Crippen molar-refractivity contribution in [3.05, 3.63) is 36.4 Å². The van der Waals surface area contributed by atoms with Crippen molar-refractivity contribution < 1.29 is 14.3 Å². The lowest BCUT2D eigenvalue weighted by molar-refractivity contribution is -0.128. The van der Waals surface area contributed by atoms with Crippen LogP contribution >= 0.6 is 12.6 Å². The molecule has 2 saturated heterocycles. The van der Waals surface area contributed by atoms with E-state index in [4.69, 9.17) is 4.74 Å². The SMILES string of the molecule is CC12C=CC(C)(O1)C1C(=O)N(c3ccccc3S)C(=O)C12. The van der Waals surface area contributed by atoms with Gasteiger partial charge in [0.25, 0.3) is 0 Å². The number of rotatable bonds is 1. The van der Waals surface area contributed by atoms with Gasteiger partial charge < -0.3 is 4.74 Å². The van der Waals surface area contributed by atoms with Crippen molar-refractivity contribution in [2.24, 2.45) is 11.8 Å². The minimum Gasteiger partial charge on any atom is -0.359 e. The van der Waals surface area contributed by atoms with Crippen molar-refractivity contribution in [1.82, 2.24) is 0 Å². The average molecular weight is 301 g/mol. The van der Waals surface area contributed by atoms with Gasteiger partial charge in [0.1, 0.15) is 0 Å². The fraction of sp³-hybridized carbons (Fsp3) is 0.375. The largest absolute Gasteiger partial charge is 0.359 e. The van der Waals surface area contributed by atoms with Crippen LogP contribution in [0.4, 0.5) is 5.69 Å². The lowest BCUT2D eigenvalue weighted by Gasteiger charge is -2.25. The van der Waals surface area contributed by atoms with Crippen molar-refractivity contribution in [3.63, 3.8) is 0 Å². The highest BCUT2D eigenvalue weighted by Crippen LogP contribution is 2.57. The van der Waals surface area contributed by atoms with E-state index in [0.29, 0.717) is 10.6 Å². The number of fused-ring (bicyclic) bond motifs is 5. The fourth-order valence-electron chi connectivity index (χ4n) is 3.92. The maximum Gasteiger partial charge on any atom is 0.241 e. The Labute approximate surface area is 128 Å². The van der Waals surface area contributed by atoms with E-state index >= 15 is 0 Å². The minimum absolute atomic E-state index is 0.193. The molecule has 1 aromatic carbocycles. The van der Waals surface area contributed by atoms with Gasteiger partial charge in [-0.25, -0.2) is 4.90 Å². The van der Waals surface area contributed by atoms with E-state index in [9.17, 15) is 9.59 Å². The summed E-state index contributed by atoms with van der Waals surface area (Å²) in [5.74, 6) is -1.29. The fourth-order valence-corrected chi connectivity index (χ4v) is 4.18. The zero-order chi connectivity index (χ0) is 15.0. The van der Waals surface area contributed by atoms with Crippen LogP contribution in [0.25, 0.3) is 0 Å². The van der Waals surface area contributed by atoms with E-state index in [0.717, 1.165) is 0 Å². The Hall–Kier alpha value is -1.59. The molecule has 0 aliphatic carbocycles. The lowest BCUT2D eigenvalue weighted by atomic mass is 9.73. The van der Waals surface area contributed by atoms with Gasteiger partial charge in [0, 0.05) is 4.90 Å². The molecule has 2 amide bonds. The lowest BCUT2D eigenvalue weighted by Crippen LogP contribution is -2.39. The van der Waals surface area contributed by atoms with E-state index in [1.54, 1.807) is 18.2 Å². The Morgan fingerprint density at radius 1 is 1.05 bits per heavy atom. The Kier molecular flexibility index (Phi) is 2.36. The Balaban J connectivity index is 1.85. The van der Waals surface area contributed by atoms with Gasteiger partial charge in [-0.15, -0.1) is 12.6 Å². The van der Waals surface area contributed by atoms with Gasteiger partial charge in [-0.2, -0.15) is 0 Å². The van der Waals surface area contributed by atoms with Crippen molar-refractivity contribution in [1.29, 1.82) is 0 Å². The molecular weight excluding hydrogens is 286 g/mol. The quantitative estimate of drug-likeness (QED) is 0.491. The monoisotopic (exact) mass is 301 g/mol. The average Bonchev–Trinajstić information content (AvgIpc) is 2.97. The molecule has 4 atom stereocenters. The molecule has 5 heteroatoms. The summed E-state index contributed by atoms with van der Waals surface area (Å²) in [5.41, 5.74) is -0.823. The Morgan fingerprint density at radius 2 is 1.57 bits per heavy atom. The summed E-state index contributed by atoms with van der Waals surface area (Å²) in [6.45, 7) is 3.75. The molecule has 4 unspecified atom stereocenters. The molecule has 3 heterocycles. The Bertz CT molecular complexity index is 679. The molecule has 21 heavy (non-hydrogen) atoms. The zero-order valence-electron chi connectivity index (χ0n) is 11.7. The molecule has 0 spiro atoms. The van der Waals surface area contributed by atoms with Crippen molar-refractivity contribution in [3.8, 4) is 0 Å². The van der Waals surface area contributed by atoms with Gasteiger partial charge in [0.2, 0.25) is 11.8 Å².